The molecule has 0 fully saturated rings. The van der Waals surface area contributed by atoms with Gasteiger partial charge in [0.05, 0.1) is 11.3 Å². The van der Waals surface area contributed by atoms with Crippen molar-refractivity contribution in [1.29, 1.82) is 0 Å². The molecule has 1 unspecified atom stereocenters. The molecule has 102 valence electrons. The van der Waals surface area contributed by atoms with Crippen LogP contribution >= 0.6 is 11.6 Å². The zero-order valence-corrected chi connectivity index (χ0v) is 11.8. The molecule has 0 spiro atoms. The average molecular weight is 301 g/mol. The minimum absolute atomic E-state index is 0.0193. The number of hydrogen-bond acceptors (Lipinski definition) is 4. The molecule has 0 aliphatic carbocycles. The summed E-state index contributed by atoms with van der Waals surface area (Å²) in [4.78, 5) is 7.66. The standard InChI is InChI=1S/C11H13ClN4O2S/c1-9(7-16-5-4-14-8-16)15-19(17,18)11-6-13-3-2-10(11)12/h2-6,8-9,15H,7H2,1H3. The molecule has 2 heterocycles. The van der Waals surface area contributed by atoms with Gasteiger partial charge < -0.3 is 4.57 Å². The van der Waals surface area contributed by atoms with E-state index >= 15 is 0 Å². The molecular formula is C11H13ClN4O2S. The summed E-state index contributed by atoms with van der Waals surface area (Å²) >= 11 is 5.86. The number of halogens is 1. The summed E-state index contributed by atoms with van der Waals surface area (Å²) in [6, 6.07) is 1.15. The van der Waals surface area contributed by atoms with Crippen molar-refractivity contribution in [1.82, 2.24) is 19.3 Å². The van der Waals surface area contributed by atoms with E-state index < -0.39 is 10.0 Å². The van der Waals surface area contributed by atoms with Crippen LogP contribution in [-0.4, -0.2) is 29.0 Å². The lowest BCUT2D eigenvalue weighted by Crippen LogP contribution is -2.35. The van der Waals surface area contributed by atoms with Gasteiger partial charge in [-0.05, 0) is 13.0 Å². The molecule has 19 heavy (non-hydrogen) atoms. The van der Waals surface area contributed by atoms with Gasteiger partial charge in [0.2, 0.25) is 10.0 Å². The Hall–Kier alpha value is -1.44. The molecule has 0 saturated heterocycles. The van der Waals surface area contributed by atoms with Crippen molar-refractivity contribution in [3.05, 3.63) is 42.2 Å². The zero-order chi connectivity index (χ0) is 13.9. The van der Waals surface area contributed by atoms with Crippen LogP contribution in [0.5, 0.6) is 0 Å². The van der Waals surface area contributed by atoms with Crippen LogP contribution in [0.25, 0.3) is 0 Å². The summed E-state index contributed by atoms with van der Waals surface area (Å²) in [5.74, 6) is 0. The topological polar surface area (TPSA) is 76.9 Å². The van der Waals surface area contributed by atoms with Crippen LogP contribution < -0.4 is 4.72 Å². The van der Waals surface area contributed by atoms with Crippen molar-refractivity contribution < 1.29 is 8.42 Å². The molecule has 0 saturated carbocycles. The van der Waals surface area contributed by atoms with Crippen LogP contribution in [0, 0.1) is 0 Å². The third kappa shape index (κ3) is 3.52. The van der Waals surface area contributed by atoms with Crippen LogP contribution in [-0.2, 0) is 16.6 Å². The van der Waals surface area contributed by atoms with Crippen LogP contribution in [0.3, 0.4) is 0 Å². The van der Waals surface area contributed by atoms with Gasteiger partial charge in [0, 0.05) is 37.4 Å². The summed E-state index contributed by atoms with van der Waals surface area (Å²) in [6.45, 7) is 2.25. The fourth-order valence-corrected chi connectivity index (χ4v) is 3.30. The van der Waals surface area contributed by atoms with Gasteiger partial charge in [-0.1, -0.05) is 11.6 Å². The Kier molecular flexibility index (Phi) is 4.18. The second-order valence-electron chi connectivity index (χ2n) is 4.09. The molecule has 0 radical (unpaired) electrons. The first-order valence-corrected chi connectivity index (χ1v) is 7.43. The van der Waals surface area contributed by atoms with Gasteiger partial charge in [0.25, 0.3) is 0 Å². The molecule has 0 aromatic carbocycles. The van der Waals surface area contributed by atoms with E-state index in [1.165, 1.54) is 18.5 Å². The molecule has 2 rings (SSSR count). The van der Waals surface area contributed by atoms with Crippen LogP contribution in [0.15, 0.2) is 42.1 Å². The largest absolute Gasteiger partial charge is 0.336 e. The first-order valence-electron chi connectivity index (χ1n) is 5.56. The first kappa shape index (κ1) is 14.0. The van der Waals surface area contributed by atoms with E-state index in [4.69, 9.17) is 11.6 Å². The maximum Gasteiger partial charge on any atom is 0.243 e. The highest BCUT2D eigenvalue weighted by Crippen LogP contribution is 2.19. The van der Waals surface area contributed by atoms with E-state index in [2.05, 4.69) is 14.7 Å². The zero-order valence-electron chi connectivity index (χ0n) is 10.2. The second-order valence-corrected chi connectivity index (χ2v) is 6.18. The Morgan fingerprint density at radius 1 is 1.42 bits per heavy atom. The Morgan fingerprint density at radius 2 is 2.21 bits per heavy atom. The summed E-state index contributed by atoms with van der Waals surface area (Å²) in [7, 11) is -3.67. The first-order chi connectivity index (χ1) is 8.99. The quantitative estimate of drug-likeness (QED) is 0.903. The number of aromatic nitrogens is 3. The highest BCUT2D eigenvalue weighted by molar-refractivity contribution is 7.89. The van der Waals surface area contributed by atoms with E-state index in [0.717, 1.165) is 0 Å². The molecule has 0 bridgehead atoms. The molecule has 0 amide bonds. The second kappa shape index (κ2) is 5.68. The fourth-order valence-electron chi connectivity index (χ4n) is 1.64. The Labute approximate surface area is 116 Å². The summed E-state index contributed by atoms with van der Waals surface area (Å²) in [5, 5.41) is 0.150. The number of hydrogen-bond donors (Lipinski definition) is 1. The van der Waals surface area contributed by atoms with E-state index in [0.29, 0.717) is 6.54 Å². The van der Waals surface area contributed by atoms with E-state index in [9.17, 15) is 8.42 Å². The molecule has 2 aromatic heterocycles. The summed E-state index contributed by atoms with van der Waals surface area (Å²) < 4.78 is 28.6. The molecule has 2 aromatic rings. The van der Waals surface area contributed by atoms with Crippen molar-refractivity contribution in [2.45, 2.75) is 24.4 Å². The van der Waals surface area contributed by atoms with Gasteiger partial charge in [-0.2, -0.15) is 0 Å². The molecular weight excluding hydrogens is 288 g/mol. The highest BCUT2D eigenvalue weighted by Gasteiger charge is 2.20. The molecule has 1 atom stereocenters. The molecule has 0 aliphatic heterocycles. The Morgan fingerprint density at radius 3 is 2.84 bits per heavy atom. The third-order valence-corrected chi connectivity index (χ3v) is 4.48. The van der Waals surface area contributed by atoms with Gasteiger partial charge in [-0.15, -0.1) is 0 Å². The third-order valence-electron chi connectivity index (χ3n) is 2.42. The number of nitrogens with one attached hydrogen (secondary N) is 1. The van der Waals surface area contributed by atoms with Crippen molar-refractivity contribution in [3.63, 3.8) is 0 Å². The van der Waals surface area contributed by atoms with E-state index in [1.807, 2.05) is 0 Å². The molecule has 8 heteroatoms. The Balaban J connectivity index is 2.11. The van der Waals surface area contributed by atoms with Gasteiger partial charge in [0.15, 0.2) is 0 Å². The van der Waals surface area contributed by atoms with Crippen LogP contribution in [0.4, 0.5) is 0 Å². The van der Waals surface area contributed by atoms with E-state index in [-0.39, 0.29) is 16.0 Å². The molecule has 0 aliphatic rings. The number of imidazole rings is 1. The normalized spacial score (nSPS) is 13.4. The number of rotatable bonds is 5. The van der Waals surface area contributed by atoms with Crippen LogP contribution in [0.1, 0.15) is 6.92 Å². The molecule has 1 N–H and O–H groups in total. The van der Waals surface area contributed by atoms with Crippen molar-refractivity contribution in [3.8, 4) is 0 Å². The van der Waals surface area contributed by atoms with Gasteiger partial charge in [-0.3, -0.25) is 4.98 Å². The predicted molar refractivity (Wildman–Crippen MR) is 71.3 cm³/mol. The van der Waals surface area contributed by atoms with Crippen molar-refractivity contribution in [2.75, 3.05) is 0 Å². The lowest BCUT2D eigenvalue weighted by molar-refractivity contribution is 0.520. The Bertz CT molecular complexity index is 642. The fraction of sp³-hybridized carbons (Fsp3) is 0.273. The molecule has 6 nitrogen and oxygen atoms in total. The maximum atomic E-state index is 12.1. The van der Waals surface area contributed by atoms with Crippen molar-refractivity contribution >= 4 is 21.6 Å². The minimum Gasteiger partial charge on any atom is -0.336 e. The van der Waals surface area contributed by atoms with E-state index in [1.54, 1.807) is 30.2 Å². The van der Waals surface area contributed by atoms with Crippen LogP contribution in [0.2, 0.25) is 5.02 Å². The number of sulfonamides is 1. The summed E-state index contributed by atoms with van der Waals surface area (Å²) in [5.41, 5.74) is 0. The monoisotopic (exact) mass is 300 g/mol. The minimum atomic E-state index is -3.67. The lowest BCUT2D eigenvalue weighted by Gasteiger charge is -2.15. The predicted octanol–water partition coefficient (Wildman–Crippen LogP) is 1.30. The SMILES string of the molecule is CC(Cn1ccnc1)NS(=O)(=O)c1cnccc1Cl. The maximum absolute atomic E-state index is 12.1. The summed E-state index contributed by atoms with van der Waals surface area (Å²) in [6.07, 6.45) is 7.70. The van der Waals surface area contributed by atoms with Crippen molar-refractivity contribution in [2.24, 2.45) is 0 Å². The number of nitrogens with zero attached hydrogens (tertiary/aromatic N) is 3. The van der Waals surface area contributed by atoms with Gasteiger partial charge in [0.1, 0.15) is 4.90 Å². The number of pyridine rings is 1. The highest BCUT2D eigenvalue weighted by atomic mass is 35.5. The van der Waals surface area contributed by atoms with Gasteiger partial charge >= 0.3 is 0 Å². The average Bonchev–Trinajstić information content (AvgIpc) is 2.81. The lowest BCUT2D eigenvalue weighted by atomic mass is 10.4. The smallest absolute Gasteiger partial charge is 0.243 e. The van der Waals surface area contributed by atoms with Gasteiger partial charge in [-0.25, -0.2) is 18.1 Å².